The Morgan fingerprint density at radius 3 is 2.85 bits per heavy atom. The lowest BCUT2D eigenvalue weighted by molar-refractivity contribution is 0.0987. The Hall–Kier alpha value is -1.26. The van der Waals surface area contributed by atoms with Gasteiger partial charge in [0, 0.05) is 21.7 Å². The summed E-state index contributed by atoms with van der Waals surface area (Å²) in [6, 6.07) is 13.9. The van der Waals surface area contributed by atoms with Crippen LogP contribution in [0.1, 0.15) is 15.9 Å². The molecule has 0 aliphatic carbocycles. The van der Waals surface area contributed by atoms with Gasteiger partial charge in [-0.3, -0.25) is 4.79 Å². The maximum absolute atomic E-state index is 12.8. The van der Waals surface area contributed by atoms with Gasteiger partial charge in [0.15, 0.2) is 0 Å². The van der Waals surface area contributed by atoms with Gasteiger partial charge in [0.05, 0.1) is 11.3 Å². The molecule has 0 N–H and O–H groups in total. The fourth-order valence-corrected chi connectivity index (χ4v) is 3.98. The number of hydrogen-bond donors (Lipinski definition) is 0. The van der Waals surface area contributed by atoms with Crippen LogP contribution in [-0.2, 0) is 0 Å². The molecule has 0 saturated heterocycles. The highest BCUT2D eigenvalue weighted by atomic mass is 79.9. The number of nitrogens with zero attached hydrogens (tertiary/aromatic N) is 1. The van der Waals surface area contributed by atoms with Gasteiger partial charge in [-0.2, -0.15) is 0 Å². The first-order valence-electron chi connectivity index (χ1n) is 6.46. The quantitative estimate of drug-likeness (QED) is 0.756. The van der Waals surface area contributed by atoms with Crippen LogP contribution in [0.3, 0.4) is 0 Å². The summed E-state index contributed by atoms with van der Waals surface area (Å²) in [7, 11) is 0. The van der Waals surface area contributed by atoms with Gasteiger partial charge in [-0.05, 0) is 52.7 Å². The van der Waals surface area contributed by atoms with Crippen molar-refractivity contribution in [2.24, 2.45) is 0 Å². The Balaban J connectivity index is 2.00. The number of anilines is 1. The fraction of sp³-hybridized carbons (Fsp3) is 0.188. The predicted octanol–water partition coefficient (Wildman–Crippen LogP) is 4.51. The second-order valence-electron chi connectivity index (χ2n) is 4.76. The van der Waals surface area contributed by atoms with Gasteiger partial charge in [0.2, 0.25) is 0 Å². The van der Waals surface area contributed by atoms with E-state index in [9.17, 15) is 4.79 Å². The molecule has 102 valence electrons. The Kier molecular flexibility index (Phi) is 3.85. The van der Waals surface area contributed by atoms with Crippen molar-refractivity contribution in [3.05, 3.63) is 58.1 Å². The second kappa shape index (κ2) is 5.62. The number of carbonyl (C=O) groups is 1. The monoisotopic (exact) mass is 347 g/mol. The van der Waals surface area contributed by atoms with Gasteiger partial charge >= 0.3 is 0 Å². The molecule has 2 nitrogen and oxygen atoms in total. The zero-order chi connectivity index (χ0) is 14.1. The van der Waals surface area contributed by atoms with Crippen LogP contribution in [0.2, 0.25) is 0 Å². The molecule has 20 heavy (non-hydrogen) atoms. The molecule has 4 heteroatoms. The van der Waals surface area contributed by atoms with Crippen molar-refractivity contribution in [2.45, 2.75) is 11.8 Å². The van der Waals surface area contributed by atoms with Crippen LogP contribution in [0.5, 0.6) is 0 Å². The number of fused-ring (bicyclic) bond motifs is 1. The van der Waals surface area contributed by atoms with Crippen LogP contribution < -0.4 is 4.90 Å². The summed E-state index contributed by atoms with van der Waals surface area (Å²) in [4.78, 5) is 15.8. The van der Waals surface area contributed by atoms with Crippen molar-refractivity contribution in [3.8, 4) is 0 Å². The molecule has 3 rings (SSSR count). The summed E-state index contributed by atoms with van der Waals surface area (Å²) < 4.78 is 0.859. The first-order valence-corrected chi connectivity index (χ1v) is 8.24. The van der Waals surface area contributed by atoms with E-state index in [0.29, 0.717) is 0 Å². The molecule has 0 spiro atoms. The maximum atomic E-state index is 12.8. The minimum absolute atomic E-state index is 0.0598. The molecule has 0 fully saturated rings. The summed E-state index contributed by atoms with van der Waals surface area (Å²) in [6.45, 7) is 2.77. The van der Waals surface area contributed by atoms with Gasteiger partial charge in [0.1, 0.15) is 0 Å². The average molecular weight is 348 g/mol. The molecule has 0 unspecified atom stereocenters. The molecule has 0 saturated carbocycles. The Bertz CT molecular complexity index is 671. The molecule has 1 aliphatic heterocycles. The summed E-state index contributed by atoms with van der Waals surface area (Å²) in [5.74, 6) is 0.997. The number of amides is 1. The highest BCUT2D eigenvalue weighted by Gasteiger charge is 2.24. The van der Waals surface area contributed by atoms with Gasteiger partial charge < -0.3 is 4.90 Å². The van der Waals surface area contributed by atoms with E-state index in [0.717, 1.165) is 33.6 Å². The zero-order valence-electron chi connectivity index (χ0n) is 11.1. The molecule has 0 atom stereocenters. The van der Waals surface area contributed by atoms with E-state index in [-0.39, 0.29) is 5.91 Å². The third-order valence-corrected chi connectivity index (χ3v) is 5.03. The third-order valence-electron chi connectivity index (χ3n) is 3.33. The smallest absolute Gasteiger partial charge is 0.259 e. The first kappa shape index (κ1) is 13.7. The minimum atomic E-state index is 0.0598. The number of halogens is 1. The molecule has 2 aromatic carbocycles. The van der Waals surface area contributed by atoms with E-state index in [2.05, 4.69) is 22.0 Å². The van der Waals surface area contributed by atoms with Gasteiger partial charge in [-0.15, -0.1) is 11.8 Å². The fourth-order valence-electron chi connectivity index (χ4n) is 2.32. The van der Waals surface area contributed by atoms with Crippen molar-refractivity contribution < 1.29 is 4.79 Å². The zero-order valence-corrected chi connectivity index (χ0v) is 13.5. The van der Waals surface area contributed by atoms with Crippen LogP contribution in [0.4, 0.5) is 5.69 Å². The number of thioether (sulfide) groups is 1. The van der Waals surface area contributed by atoms with E-state index in [1.54, 1.807) is 11.8 Å². The number of para-hydroxylation sites is 1. The van der Waals surface area contributed by atoms with Crippen LogP contribution in [0.15, 0.2) is 51.8 Å². The van der Waals surface area contributed by atoms with Crippen LogP contribution >= 0.6 is 27.7 Å². The molecule has 2 aromatic rings. The molecular weight excluding hydrogens is 334 g/mol. The minimum Gasteiger partial charge on any atom is -0.306 e. The van der Waals surface area contributed by atoms with E-state index < -0.39 is 0 Å². The van der Waals surface area contributed by atoms with Crippen molar-refractivity contribution in [2.75, 3.05) is 17.2 Å². The number of aryl methyl sites for hydroxylation is 1. The Morgan fingerprint density at radius 2 is 2.05 bits per heavy atom. The number of rotatable bonds is 1. The van der Waals surface area contributed by atoms with Gasteiger partial charge in [-0.25, -0.2) is 0 Å². The number of benzene rings is 2. The highest BCUT2D eigenvalue weighted by Crippen LogP contribution is 2.35. The standard InChI is InChI=1S/C16H14BrNOS/c1-11-6-7-12(13(17)10-11)16(19)18-8-9-20-15-5-3-2-4-14(15)18/h2-7,10H,8-9H2,1H3. The normalized spacial score (nSPS) is 14.0. The van der Waals surface area contributed by atoms with Gasteiger partial charge in [-0.1, -0.05) is 18.2 Å². The molecule has 1 aliphatic rings. The molecule has 0 bridgehead atoms. The molecular formula is C16H14BrNOS. The van der Waals surface area contributed by atoms with Crippen molar-refractivity contribution in [1.82, 2.24) is 0 Å². The van der Waals surface area contributed by atoms with E-state index in [1.807, 2.05) is 48.2 Å². The SMILES string of the molecule is Cc1ccc(C(=O)N2CCSc3ccccc32)c(Br)c1. The maximum Gasteiger partial charge on any atom is 0.259 e. The summed E-state index contributed by atoms with van der Waals surface area (Å²) >= 11 is 5.31. The molecule has 0 radical (unpaired) electrons. The summed E-state index contributed by atoms with van der Waals surface area (Å²) in [5, 5.41) is 0. The lowest BCUT2D eigenvalue weighted by atomic mass is 10.1. The van der Waals surface area contributed by atoms with Crippen LogP contribution in [-0.4, -0.2) is 18.2 Å². The molecule has 1 amide bonds. The van der Waals surface area contributed by atoms with Crippen molar-refractivity contribution in [3.63, 3.8) is 0 Å². The first-order chi connectivity index (χ1) is 9.66. The van der Waals surface area contributed by atoms with Crippen LogP contribution in [0, 0.1) is 6.92 Å². The van der Waals surface area contributed by atoms with E-state index in [4.69, 9.17) is 0 Å². The average Bonchev–Trinajstić information content (AvgIpc) is 2.46. The second-order valence-corrected chi connectivity index (χ2v) is 6.75. The van der Waals surface area contributed by atoms with Crippen molar-refractivity contribution >= 4 is 39.3 Å². The Morgan fingerprint density at radius 1 is 1.25 bits per heavy atom. The topological polar surface area (TPSA) is 20.3 Å². The lowest BCUT2D eigenvalue weighted by Crippen LogP contribution is -2.35. The van der Waals surface area contributed by atoms with E-state index >= 15 is 0 Å². The summed E-state index contributed by atoms with van der Waals surface area (Å²) in [6.07, 6.45) is 0. The lowest BCUT2D eigenvalue weighted by Gasteiger charge is -2.29. The van der Waals surface area contributed by atoms with E-state index in [1.165, 1.54) is 4.90 Å². The van der Waals surface area contributed by atoms with Crippen molar-refractivity contribution in [1.29, 1.82) is 0 Å². The Labute approximate surface area is 131 Å². The molecule has 1 heterocycles. The number of carbonyl (C=O) groups excluding carboxylic acids is 1. The largest absolute Gasteiger partial charge is 0.306 e. The van der Waals surface area contributed by atoms with Gasteiger partial charge in [0.25, 0.3) is 5.91 Å². The number of hydrogen-bond acceptors (Lipinski definition) is 2. The predicted molar refractivity (Wildman–Crippen MR) is 87.7 cm³/mol. The molecule has 0 aromatic heterocycles. The summed E-state index contributed by atoms with van der Waals surface area (Å²) in [5.41, 5.74) is 2.88. The highest BCUT2D eigenvalue weighted by molar-refractivity contribution is 9.10. The van der Waals surface area contributed by atoms with Crippen LogP contribution in [0.25, 0.3) is 0 Å². The third kappa shape index (κ3) is 2.50.